The Morgan fingerprint density at radius 1 is 0.955 bits per heavy atom. The van der Waals surface area contributed by atoms with Crippen LogP contribution in [0, 0.1) is 0 Å². The Morgan fingerprint density at radius 3 is 2.27 bits per heavy atom. The average molecular weight is 303 g/mol. The summed E-state index contributed by atoms with van der Waals surface area (Å²) in [6, 6.07) is 9.36. The third kappa shape index (κ3) is 7.84. The molecule has 0 aromatic heterocycles. The fourth-order valence-electron chi connectivity index (χ4n) is 1.53. The van der Waals surface area contributed by atoms with Gasteiger partial charge in [-0.25, -0.2) is 0 Å². The first-order chi connectivity index (χ1) is 10.6. The minimum absolute atomic E-state index is 0.0887. The molecule has 0 heterocycles. The van der Waals surface area contributed by atoms with Gasteiger partial charge in [-0.3, -0.25) is 14.4 Å². The van der Waals surface area contributed by atoms with E-state index in [4.69, 9.17) is 0 Å². The molecule has 0 aliphatic heterocycles. The second-order valence-corrected chi connectivity index (χ2v) is 4.59. The zero-order valence-corrected chi connectivity index (χ0v) is 12.6. The first-order valence-corrected chi connectivity index (χ1v) is 7.16. The number of hydrogen-bond acceptors (Lipinski definition) is 3. The van der Waals surface area contributed by atoms with Gasteiger partial charge in [-0.1, -0.05) is 37.3 Å². The zero-order valence-electron chi connectivity index (χ0n) is 12.6. The third-order valence-corrected chi connectivity index (χ3v) is 2.67. The van der Waals surface area contributed by atoms with Crippen molar-refractivity contribution in [1.29, 1.82) is 0 Å². The summed E-state index contributed by atoms with van der Waals surface area (Å²) < 4.78 is 0. The second kappa shape index (κ2) is 10.1. The van der Waals surface area contributed by atoms with Gasteiger partial charge in [0.05, 0.1) is 13.1 Å². The van der Waals surface area contributed by atoms with Crippen LogP contribution in [0.3, 0.4) is 0 Å². The topological polar surface area (TPSA) is 87.3 Å². The summed E-state index contributed by atoms with van der Waals surface area (Å²) in [5.41, 5.74) is 0.898. The molecule has 3 N–H and O–H groups in total. The smallest absolute Gasteiger partial charge is 0.244 e. The quantitative estimate of drug-likeness (QED) is 0.610. The number of rotatable bonds is 8. The van der Waals surface area contributed by atoms with E-state index >= 15 is 0 Å². The summed E-state index contributed by atoms with van der Waals surface area (Å²) in [6.45, 7) is 2.26. The lowest BCUT2D eigenvalue weighted by Gasteiger charge is -2.06. The monoisotopic (exact) mass is 303 g/mol. The Kier molecular flexibility index (Phi) is 8.04. The first-order valence-electron chi connectivity index (χ1n) is 7.16. The van der Waals surface area contributed by atoms with Crippen molar-refractivity contribution in [2.75, 3.05) is 19.6 Å². The molecule has 3 amide bonds. The van der Waals surface area contributed by atoms with Gasteiger partial charge in [-0.05, 0) is 18.1 Å². The number of nitrogens with one attached hydrogen (secondary N) is 3. The summed E-state index contributed by atoms with van der Waals surface area (Å²) in [5.74, 6) is -1.02. The van der Waals surface area contributed by atoms with Crippen molar-refractivity contribution in [1.82, 2.24) is 16.0 Å². The first kappa shape index (κ1) is 17.4. The molecule has 0 unspecified atom stereocenters. The van der Waals surface area contributed by atoms with E-state index in [1.807, 2.05) is 37.3 Å². The van der Waals surface area contributed by atoms with E-state index in [0.717, 1.165) is 12.0 Å². The number of hydrogen-bond donors (Lipinski definition) is 3. The minimum Gasteiger partial charge on any atom is -0.355 e. The molecule has 0 bridgehead atoms. The van der Waals surface area contributed by atoms with Crippen molar-refractivity contribution in [3.05, 3.63) is 42.0 Å². The Labute approximate surface area is 130 Å². The Hall–Kier alpha value is -2.63. The highest BCUT2D eigenvalue weighted by Gasteiger charge is 2.05. The normalized spacial score (nSPS) is 10.2. The fourth-order valence-corrected chi connectivity index (χ4v) is 1.53. The molecule has 0 aliphatic rings. The molecule has 1 rings (SSSR count). The summed E-state index contributed by atoms with van der Waals surface area (Å²) in [7, 11) is 0. The number of carbonyl (C=O) groups is 3. The zero-order chi connectivity index (χ0) is 16.2. The maximum atomic E-state index is 11.5. The van der Waals surface area contributed by atoms with Gasteiger partial charge >= 0.3 is 0 Å². The van der Waals surface area contributed by atoms with Crippen molar-refractivity contribution in [3.63, 3.8) is 0 Å². The van der Waals surface area contributed by atoms with Crippen molar-refractivity contribution >= 4 is 23.8 Å². The minimum atomic E-state index is -0.409. The molecule has 0 atom stereocenters. The summed E-state index contributed by atoms with van der Waals surface area (Å²) in [6.07, 6.45) is 3.85. The second-order valence-electron chi connectivity index (χ2n) is 4.59. The lowest BCUT2D eigenvalue weighted by atomic mass is 10.2. The van der Waals surface area contributed by atoms with Crippen LogP contribution in [0.25, 0.3) is 6.08 Å². The predicted molar refractivity (Wildman–Crippen MR) is 84.8 cm³/mol. The Balaban J connectivity index is 2.22. The number of amides is 3. The van der Waals surface area contributed by atoms with Crippen LogP contribution in [0.4, 0.5) is 0 Å². The number of carbonyl (C=O) groups excluding carboxylic acids is 3. The molecule has 0 radical (unpaired) electrons. The van der Waals surface area contributed by atoms with Crippen LogP contribution >= 0.6 is 0 Å². The van der Waals surface area contributed by atoms with Crippen LogP contribution in [0.5, 0.6) is 0 Å². The Morgan fingerprint density at radius 2 is 1.59 bits per heavy atom. The van der Waals surface area contributed by atoms with Gasteiger partial charge < -0.3 is 16.0 Å². The van der Waals surface area contributed by atoms with Crippen LogP contribution in [-0.2, 0) is 14.4 Å². The van der Waals surface area contributed by atoms with Gasteiger partial charge in [0.1, 0.15) is 0 Å². The molecule has 1 aromatic rings. The van der Waals surface area contributed by atoms with Crippen LogP contribution < -0.4 is 16.0 Å². The van der Waals surface area contributed by atoms with Crippen LogP contribution in [0.1, 0.15) is 18.9 Å². The number of benzene rings is 1. The van der Waals surface area contributed by atoms with E-state index in [2.05, 4.69) is 16.0 Å². The van der Waals surface area contributed by atoms with E-state index in [0.29, 0.717) is 6.54 Å². The molecule has 0 saturated heterocycles. The van der Waals surface area contributed by atoms with Crippen molar-refractivity contribution in [2.24, 2.45) is 0 Å². The highest BCUT2D eigenvalue weighted by molar-refractivity contribution is 5.94. The van der Waals surface area contributed by atoms with Crippen molar-refractivity contribution in [2.45, 2.75) is 13.3 Å². The molecule has 6 nitrogen and oxygen atoms in total. The molecule has 0 fully saturated rings. The third-order valence-electron chi connectivity index (χ3n) is 2.67. The molecule has 6 heteroatoms. The SMILES string of the molecule is CCCNC(=O)CNC(=O)CNC(=O)/C=C/c1ccccc1. The van der Waals surface area contributed by atoms with Crippen LogP contribution in [0.2, 0.25) is 0 Å². The maximum Gasteiger partial charge on any atom is 0.244 e. The van der Waals surface area contributed by atoms with Crippen LogP contribution in [0.15, 0.2) is 36.4 Å². The highest BCUT2D eigenvalue weighted by Crippen LogP contribution is 2.00. The van der Waals surface area contributed by atoms with E-state index in [9.17, 15) is 14.4 Å². The Bertz CT molecular complexity index is 527. The van der Waals surface area contributed by atoms with E-state index in [1.54, 1.807) is 6.08 Å². The van der Waals surface area contributed by atoms with Crippen molar-refractivity contribution in [3.8, 4) is 0 Å². The standard InChI is InChI=1S/C16H21N3O3/c1-2-10-17-15(21)11-19-16(22)12-18-14(20)9-8-13-6-4-3-5-7-13/h3-9H,2,10-12H2,1H3,(H,17,21)(H,18,20)(H,19,22)/b9-8+. The van der Waals surface area contributed by atoms with Crippen LogP contribution in [-0.4, -0.2) is 37.4 Å². The van der Waals surface area contributed by atoms with Gasteiger partial charge in [0.2, 0.25) is 17.7 Å². The lowest BCUT2D eigenvalue weighted by Crippen LogP contribution is -2.41. The molecule has 0 aliphatic carbocycles. The van der Waals surface area contributed by atoms with E-state index in [1.165, 1.54) is 6.08 Å². The van der Waals surface area contributed by atoms with Gasteiger partial charge in [0.15, 0.2) is 0 Å². The van der Waals surface area contributed by atoms with E-state index < -0.39 is 5.91 Å². The van der Waals surface area contributed by atoms with Crippen molar-refractivity contribution < 1.29 is 14.4 Å². The molecule has 0 saturated carbocycles. The molecule has 0 spiro atoms. The lowest BCUT2D eigenvalue weighted by molar-refractivity contribution is -0.126. The molecular formula is C16H21N3O3. The van der Waals surface area contributed by atoms with Gasteiger partial charge in [-0.2, -0.15) is 0 Å². The highest BCUT2D eigenvalue weighted by atomic mass is 16.2. The molecule has 1 aromatic carbocycles. The predicted octanol–water partition coefficient (Wildman–Crippen LogP) is 0.458. The summed E-state index contributed by atoms with van der Waals surface area (Å²) in [5, 5.41) is 7.52. The molecular weight excluding hydrogens is 282 g/mol. The fraction of sp³-hybridized carbons (Fsp3) is 0.312. The van der Waals surface area contributed by atoms with E-state index in [-0.39, 0.29) is 24.9 Å². The van der Waals surface area contributed by atoms with Gasteiger partial charge in [-0.15, -0.1) is 0 Å². The average Bonchev–Trinajstić information content (AvgIpc) is 2.55. The maximum absolute atomic E-state index is 11.5. The molecule has 22 heavy (non-hydrogen) atoms. The van der Waals surface area contributed by atoms with Gasteiger partial charge in [0.25, 0.3) is 0 Å². The summed E-state index contributed by atoms with van der Waals surface area (Å²) in [4.78, 5) is 34.3. The van der Waals surface area contributed by atoms with Gasteiger partial charge in [0, 0.05) is 12.6 Å². The summed E-state index contributed by atoms with van der Waals surface area (Å²) >= 11 is 0. The largest absolute Gasteiger partial charge is 0.355 e. The molecule has 118 valence electrons.